The summed E-state index contributed by atoms with van der Waals surface area (Å²) in [4.78, 5) is 38.1. The lowest BCUT2D eigenvalue weighted by atomic mass is 10.1. The molecule has 1 aliphatic rings. The van der Waals surface area contributed by atoms with E-state index in [9.17, 15) is 14.4 Å². The average molecular weight is 435 g/mol. The fourth-order valence-corrected chi connectivity index (χ4v) is 3.15. The number of carbonyl (C=O) groups excluding carboxylic acids is 2. The van der Waals surface area contributed by atoms with Gasteiger partial charge in [-0.25, -0.2) is 14.9 Å². The molecule has 2 amide bonds. The number of benzene rings is 2. The van der Waals surface area contributed by atoms with Crippen LogP contribution in [0.2, 0.25) is 0 Å². The van der Waals surface area contributed by atoms with Gasteiger partial charge in [-0.3, -0.25) is 14.5 Å². The molecule has 11 nitrogen and oxygen atoms in total. The van der Waals surface area contributed by atoms with Crippen LogP contribution in [0, 0.1) is 0 Å². The molecule has 0 spiro atoms. The molecule has 1 fully saturated rings. The first-order valence-corrected chi connectivity index (χ1v) is 9.82. The van der Waals surface area contributed by atoms with E-state index in [2.05, 4.69) is 15.6 Å². The highest BCUT2D eigenvalue weighted by Crippen LogP contribution is 2.11. The summed E-state index contributed by atoms with van der Waals surface area (Å²) in [6, 6.07) is 18.7. The molecule has 0 saturated carbocycles. The standard InChI is InChI=1S/C21H21N7O4/c22-28-17(11-15-7-3-1-4-8-15)25-27(21(28)31)13-18(29)23-24-20-26(19(30)14-32-20)12-16-9-5-2-6-10-16/h1-10H,11-14,22H2,(H,23,29)/b24-20+. The zero-order valence-corrected chi connectivity index (χ0v) is 17.0. The van der Waals surface area contributed by atoms with E-state index in [4.69, 9.17) is 10.6 Å². The number of amides is 2. The van der Waals surface area contributed by atoms with Crippen molar-refractivity contribution in [1.29, 1.82) is 0 Å². The Bertz CT molecular complexity index is 1200. The SMILES string of the molecule is Nn1c(Cc2ccccc2)nn(CC(=O)N/N=C2/OCC(=O)N2Cc2ccccc2)c1=O. The van der Waals surface area contributed by atoms with E-state index in [-0.39, 0.29) is 25.1 Å². The summed E-state index contributed by atoms with van der Waals surface area (Å²) in [6.07, 6.45) is 0.341. The van der Waals surface area contributed by atoms with Crippen LogP contribution in [0.15, 0.2) is 70.6 Å². The number of hydrogen-bond donors (Lipinski definition) is 2. The largest absolute Gasteiger partial charge is 0.453 e. The number of hydrazone groups is 1. The molecule has 1 aromatic heterocycles. The van der Waals surface area contributed by atoms with E-state index in [0.29, 0.717) is 12.2 Å². The summed E-state index contributed by atoms with van der Waals surface area (Å²) in [7, 11) is 0. The summed E-state index contributed by atoms with van der Waals surface area (Å²) in [5.74, 6) is 5.23. The van der Waals surface area contributed by atoms with E-state index < -0.39 is 18.1 Å². The van der Waals surface area contributed by atoms with Crippen molar-refractivity contribution in [3.63, 3.8) is 0 Å². The fourth-order valence-electron chi connectivity index (χ4n) is 3.15. The molecular weight excluding hydrogens is 414 g/mol. The first-order chi connectivity index (χ1) is 15.5. The molecule has 1 saturated heterocycles. The van der Waals surface area contributed by atoms with Gasteiger partial charge in [-0.05, 0) is 11.1 Å². The van der Waals surface area contributed by atoms with Gasteiger partial charge in [0, 0.05) is 6.42 Å². The molecule has 32 heavy (non-hydrogen) atoms. The Morgan fingerprint density at radius 1 is 1.06 bits per heavy atom. The summed E-state index contributed by atoms with van der Waals surface area (Å²) in [5.41, 5.74) is 3.48. The molecular formula is C21H21N7O4. The number of aromatic nitrogens is 3. The molecule has 0 radical (unpaired) electrons. The first kappa shape index (κ1) is 20.8. The maximum atomic E-state index is 12.3. The van der Waals surface area contributed by atoms with Gasteiger partial charge in [0.05, 0.1) is 6.54 Å². The highest BCUT2D eigenvalue weighted by atomic mass is 16.5. The van der Waals surface area contributed by atoms with Crippen LogP contribution in [0.5, 0.6) is 0 Å². The molecule has 0 aliphatic carbocycles. The number of rotatable bonds is 7. The Morgan fingerprint density at radius 3 is 2.41 bits per heavy atom. The number of carbonyl (C=O) groups is 2. The lowest BCUT2D eigenvalue weighted by Gasteiger charge is -2.13. The van der Waals surface area contributed by atoms with Crippen LogP contribution < -0.4 is 17.0 Å². The van der Waals surface area contributed by atoms with Crippen LogP contribution in [0.3, 0.4) is 0 Å². The van der Waals surface area contributed by atoms with Gasteiger partial charge in [0.15, 0.2) is 12.4 Å². The summed E-state index contributed by atoms with van der Waals surface area (Å²) in [5, 5.41) is 8.04. The number of nitrogen functional groups attached to an aromatic ring is 1. The van der Waals surface area contributed by atoms with Crippen molar-refractivity contribution < 1.29 is 14.3 Å². The van der Waals surface area contributed by atoms with Crippen molar-refractivity contribution in [1.82, 2.24) is 24.8 Å². The third-order valence-corrected chi connectivity index (χ3v) is 4.76. The second-order valence-electron chi connectivity index (χ2n) is 7.07. The highest BCUT2D eigenvalue weighted by Gasteiger charge is 2.29. The van der Waals surface area contributed by atoms with Gasteiger partial charge in [0.25, 0.3) is 11.8 Å². The quantitative estimate of drug-likeness (QED) is 0.389. The maximum absolute atomic E-state index is 12.3. The van der Waals surface area contributed by atoms with Crippen LogP contribution in [0.25, 0.3) is 0 Å². The van der Waals surface area contributed by atoms with E-state index in [1.54, 1.807) is 0 Å². The third kappa shape index (κ3) is 4.67. The van der Waals surface area contributed by atoms with Crippen LogP contribution in [0.4, 0.5) is 0 Å². The summed E-state index contributed by atoms with van der Waals surface area (Å²) >= 11 is 0. The van der Waals surface area contributed by atoms with Gasteiger partial charge in [-0.2, -0.15) is 9.77 Å². The molecule has 0 atom stereocenters. The van der Waals surface area contributed by atoms with Crippen LogP contribution in [-0.4, -0.2) is 43.8 Å². The summed E-state index contributed by atoms with van der Waals surface area (Å²) < 4.78 is 7.13. The number of nitrogens with one attached hydrogen (secondary N) is 1. The molecule has 164 valence electrons. The number of ether oxygens (including phenoxy) is 1. The van der Waals surface area contributed by atoms with Crippen molar-refractivity contribution in [3.8, 4) is 0 Å². The Hall–Kier alpha value is -4.41. The number of amidine groups is 1. The Morgan fingerprint density at radius 2 is 1.72 bits per heavy atom. The zero-order chi connectivity index (χ0) is 22.5. The monoisotopic (exact) mass is 435 g/mol. The van der Waals surface area contributed by atoms with Crippen LogP contribution in [0.1, 0.15) is 17.0 Å². The molecule has 1 aliphatic heterocycles. The lowest BCUT2D eigenvalue weighted by molar-refractivity contribution is -0.126. The zero-order valence-electron chi connectivity index (χ0n) is 17.0. The summed E-state index contributed by atoms with van der Waals surface area (Å²) in [6.45, 7) is -0.302. The second kappa shape index (κ2) is 9.16. The predicted octanol–water partition coefficient (Wildman–Crippen LogP) is -0.204. The van der Waals surface area contributed by atoms with Gasteiger partial charge in [-0.15, -0.1) is 5.10 Å². The molecule has 4 rings (SSSR count). The van der Waals surface area contributed by atoms with Gasteiger partial charge in [-0.1, -0.05) is 60.7 Å². The molecule has 0 unspecified atom stereocenters. The minimum atomic E-state index is -0.628. The lowest BCUT2D eigenvalue weighted by Crippen LogP contribution is -2.36. The minimum absolute atomic E-state index is 0.0197. The number of nitrogens with two attached hydrogens (primary N) is 1. The van der Waals surface area contributed by atoms with E-state index >= 15 is 0 Å². The Balaban J connectivity index is 1.41. The van der Waals surface area contributed by atoms with E-state index in [1.807, 2.05) is 60.7 Å². The predicted molar refractivity (Wildman–Crippen MR) is 114 cm³/mol. The van der Waals surface area contributed by atoms with E-state index in [1.165, 1.54) is 4.90 Å². The maximum Gasteiger partial charge on any atom is 0.365 e. The molecule has 2 heterocycles. The molecule has 2 aromatic carbocycles. The van der Waals surface area contributed by atoms with Crippen molar-refractivity contribution in [2.45, 2.75) is 19.5 Å². The first-order valence-electron chi connectivity index (χ1n) is 9.82. The average Bonchev–Trinajstić information content (AvgIpc) is 3.28. The topological polar surface area (TPSA) is 137 Å². The second-order valence-corrected chi connectivity index (χ2v) is 7.07. The van der Waals surface area contributed by atoms with Crippen LogP contribution in [-0.2, 0) is 33.8 Å². The highest BCUT2D eigenvalue weighted by molar-refractivity contribution is 6.00. The van der Waals surface area contributed by atoms with Crippen LogP contribution >= 0.6 is 0 Å². The Labute approximate surface area is 182 Å². The number of nitrogens with zero attached hydrogens (tertiary/aromatic N) is 5. The molecule has 0 bridgehead atoms. The molecule has 11 heteroatoms. The molecule has 3 N–H and O–H groups in total. The third-order valence-electron chi connectivity index (χ3n) is 4.76. The van der Waals surface area contributed by atoms with Gasteiger partial charge < -0.3 is 10.6 Å². The van der Waals surface area contributed by atoms with E-state index in [0.717, 1.165) is 20.5 Å². The smallest absolute Gasteiger partial charge is 0.365 e. The van der Waals surface area contributed by atoms with Gasteiger partial charge >= 0.3 is 11.7 Å². The minimum Gasteiger partial charge on any atom is -0.453 e. The van der Waals surface area contributed by atoms with Crippen molar-refractivity contribution in [2.24, 2.45) is 5.10 Å². The van der Waals surface area contributed by atoms with Gasteiger partial charge in [0.1, 0.15) is 6.54 Å². The van der Waals surface area contributed by atoms with Crippen molar-refractivity contribution in [3.05, 3.63) is 88.1 Å². The molecule has 3 aromatic rings. The van der Waals surface area contributed by atoms with Gasteiger partial charge in [0.2, 0.25) is 0 Å². The number of hydrogen-bond acceptors (Lipinski definition) is 7. The Kier molecular flexibility index (Phi) is 5.97. The van der Waals surface area contributed by atoms with Crippen molar-refractivity contribution in [2.75, 3.05) is 12.4 Å². The van der Waals surface area contributed by atoms with Crippen molar-refractivity contribution >= 4 is 17.8 Å². The normalized spacial score (nSPS) is 14.6. The fraction of sp³-hybridized carbons (Fsp3) is 0.190.